The van der Waals surface area contributed by atoms with Crippen molar-refractivity contribution >= 4 is 22.9 Å². The fourth-order valence-electron chi connectivity index (χ4n) is 2.05. The highest BCUT2D eigenvalue weighted by molar-refractivity contribution is 7.13. The van der Waals surface area contributed by atoms with Crippen molar-refractivity contribution in [2.75, 3.05) is 12.1 Å². The van der Waals surface area contributed by atoms with Crippen LogP contribution in [0.1, 0.15) is 10.5 Å². The van der Waals surface area contributed by atoms with E-state index in [0.717, 1.165) is 16.3 Å². The number of aromatic amines is 1. The predicted octanol–water partition coefficient (Wildman–Crippen LogP) is 2.51. The van der Waals surface area contributed by atoms with Gasteiger partial charge in [0.2, 0.25) is 6.79 Å². The molecule has 0 radical (unpaired) electrons. The van der Waals surface area contributed by atoms with Crippen LogP contribution in [0.3, 0.4) is 0 Å². The molecule has 110 valence electrons. The molecule has 0 saturated heterocycles. The van der Waals surface area contributed by atoms with Crippen molar-refractivity contribution in [1.29, 1.82) is 0 Å². The van der Waals surface area contributed by atoms with E-state index in [9.17, 15) is 4.79 Å². The normalized spacial score (nSPS) is 12.4. The Bertz CT molecular complexity index is 828. The molecule has 2 N–H and O–H groups in total. The molecule has 3 aromatic rings. The number of aromatic nitrogens is 3. The Labute approximate surface area is 128 Å². The van der Waals surface area contributed by atoms with Crippen LogP contribution >= 0.6 is 11.3 Å². The van der Waals surface area contributed by atoms with Crippen molar-refractivity contribution in [1.82, 2.24) is 15.2 Å². The summed E-state index contributed by atoms with van der Waals surface area (Å²) in [6.07, 6.45) is 3.13. The molecule has 0 bridgehead atoms. The first-order chi connectivity index (χ1) is 10.8. The van der Waals surface area contributed by atoms with Gasteiger partial charge in [-0.25, -0.2) is 4.98 Å². The quantitative estimate of drug-likeness (QED) is 0.775. The van der Waals surface area contributed by atoms with E-state index in [1.54, 1.807) is 11.6 Å². The fourth-order valence-corrected chi connectivity index (χ4v) is 2.85. The number of thiazole rings is 1. The van der Waals surface area contributed by atoms with Crippen LogP contribution in [0.15, 0.2) is 36.0 Å². The summed E-state index contributed by atoms with van der Waals surface area (Å²) in [6, 6.07) is 5.59. The highest BCUT2D eigenvalue weighted by atomic mass is 32.1. The van der Waals surface area contributed by atoms with Gasteiger partial charge in [0.25, 0.3) is 5.91 Å². The maximum absolute atomic E-state index is 12.1. The molecule has 1 aromatic carbocycles. The number of hydrogen-bond acceptors (Lipinski definition) is 6. The Kier molecular flexibility index (Phi) is 3.01. The van der Waals surface area contributed by atoms with Crippen molar-refractivity contribution in [2.45, 2.75) is 0 Å². The van der Waals surface area contributed by atoms with E-state index in [1.165, 1.54) is 17.5 Å². The zero-order valence-corrected chi connectivity index (χ0v) is 12.0. The van der Waals surface area contributed by atoms with Crippen LogP contribution in [0.5, 0.6) is 11.5 Å². The van der Waals surface area contributed by atoms with Crippen molar-refractivity contribution in [3.8, 4) is 22.1 Å². The minimum atomic E-state index is -0.273. The van der Waals surface area contributed by atoms with E-state index in [4.69, 9.17) is 9.47 Å². The highest BCUT2D eigenvalue weighted by Crippen LogP contribution is 2.36. The summed E-state index contributed by atoms with van der Waals surface area (Å²) in [7, 11) is 0. The molecule has 1 aliphatic rings. The van der Waals surface area contributed by atoms with Crippen LogP contribution in [0.2, 0.25) is 0 Å². The zero-order valence-electron chi connectivity index (χ0n) is 11.2. The first-order valence-corrected chi connectivity index (χ1v) is 7.33. The number of nitrogens with zero attached hydrogens (tertiary/aromatic N) is 2. The summed E-state index contributed by atoms with van der Waals surface area (Å²) in [6.45, 7) is 0.231. The van der Waals surface area contributed by atoms with Crippen molar-refractivity contribution in [2.24, 2.45) is 0 Å². The third-order valence-electron chi connectivity index (χ3n) is 3.11. The second-order valence-electron chi connectivity index (χ2n) is 4.55. The maximum Gasteiger partial charge on any atom is 0.275 e. The molecule has 0 spiro atoms. The smallest absolute Gasteiger partial charge is 0.275 e. The number of amides is 1. The van der Waals surface area contributed by atoms with Gasteiger partial charge in [0, 0.05) is 17.1 Å². The van der Waals surface area contributed by atoms with Crippen molar-refractivity contribution in [3.63, 3.8) is 0 Å². The van der Waals surface area contributed by atoms with Gasteiger partial charge < -0.3 is 14.8 Å². The monoisotopic (exact) mass is 314 g/mol. The molecule has 0 fully saturated rings. The average Bonchev–Trinajstić information content (AvgIpc) is 3.27. The van der Waals surface area contributed by atoms with E-state index in [2.05, 4.69) is 20.5 Å². The summed E-state index contributed by atoms with van der Waals surface area (Å²) in [5, 5.41) is 11.6. The largest absolute Gasteiger partial charge is 0.454 e. The number of benzene rings is 1. The van der Waals surface area contributed by atoms with E-state index < -0.39 is 0 Å². The number of rotatable bonds is 3. The predicted molar refractivity (Wildman–Crippen MR) is 80.2 cm³/mol. The lowest BCUT2D eigenvalue weighted by molar-refractivity contribution is 0.102. The first kappa shape index (κ1) is 12.8. The SMILES string of the molecule is O=C(Nc1cn[nH]c1)c1csc(-c2ccc3c(c2)OCO3)n1. The third-order valence-corrected chi connectivity index (χ3v) is 4.00. The number of carbonyl (C=O) groups is 1. The lowest BCUT2D eigenvalue weighted by Crippen LogP contribution is -2.11. The minimum absolute atomic E-state index is 0.231. The topological polar surface area (TPSA) is 89.1 Å². The molecule has 0 aliphatic carbocycles. The first-order valence-electron chi connectivity index (χ1n) is 6.45. The van der Waals surface area contributed by atoms with Gasteiger partial charge in [-0.2, -0.15) is 5.10 Å². The molecule has 4 rings (SSSR count). The fraction of sp³-hybridized carbons (Fsp3) is 0.0714. The molecular formula is C14H10N4O3S. The second-order valence-corrected chi connectivity index (χ2v) is 5.41. The lowest BCUT2D eigenvalue weighted by atomic mass is 10.2. The molecule has 0 saturated carbocycles. The van der Waals surface area contributed by atoms with Gasteiger partial charge in [-0.15, -0.1) is 11.3 Å². The molecule has 0 atom stereocenters. The standard InChI is InChI=1S/C14H10N4O3S/c19-13(17-9-4-15-16-5-9)10-6-22-14(18-10)8-1-2-11-12(3-8)21-7-20-11/h1-6H,7H2,(H,15,16)(H,17,19). The number of hydrogen-bond donors (Lipinski definition) is 2. The van der Waals surface area contributed by atoms with Crippen LogP contribution in [0.25, 0.3) is 10.6 Å². The number of ether oxygens (including phenoxy) is 2. The molecule has 1 amide bonds. The van der Waals surface area contributed by atoms with Crippen molar-refractivity contribution < 1.29 is 14.3 Å². The average molecular weight is 314 g/mol. The Morgan fingerprint density at radius 1 is 1.32 bits per heavy atom. The van der Waals surface area contributed by atoms with Gasteiger partial charge in [0.1, 0.15) is 10.7 Å². The Balaban J connectivity index is 1.57. The Hall–Kier alpha value is -2.87. The Morgan fingerprint density at radius 2 is 2.23 bits per heavy atom. The Morgan fingerprint density at radius 3 is 3.09 bits per heavy atom. The number of carbonyl (C=O) groups excluding carboxylic acids is 1. The van der Waals surface area contributed by atoms with Gasteiger partial charge in [-0.05, 0) is 18.2 Å². The summed E-state index contributed by atoms with van der Waals surface area (Å²) >= 11 is 1.40. The summed E-state index contributed by atoms with van der Waals surface area (Å²) in [5.74, 6) is 1.14. The molecule has 2 aromatic heterocycles. The van der Waals surface area contributed by atoms with E-state index >= 15 is 0 Å². The molecule has 3 heterocycles. The molecule has 8 heteroatoms. The van der Waals surface area contributed by atoms with Gasteiger partial charge in [0.05, 0.1) is 11.9 Å². The van der Waals surface area contributed by atoms with E-state index in [1.807, 2.05) is 18.2 Å². The molecule has 0 unspecified atom stereocenters. The second kappa shape index (κ2) is 5.15. The molecule has 7 nitrogen and oxygen atoms in total. The number of nitrogens with one attached hydrogen (secondary N) is 2. The summed E-state index contributed by atoms with van der Waals surface area (Å²) in [5.41, 5.74) is 1.85. The molecule has 22 heavy (non-hydrogen) atoms. The molecule has 1 aliphatic heterocycles. The van der Waals surface area contributed by atoms with Gasteiger partial charge >= 0.3 is 0 Å². The van der Waals surface area contributed by atoms with E-state index in [-0.39, 0.29) is 12.7 Å². The number of H-pyrrole nitrogens is 1. The zero-order chi connectivity index (χ0) is 14.9. The van der Waals surface area contributed by atoms with Crippen LogP contribution < -0.4 is 14.8 Å². The van der Waals surface area contributed by atoms with Crippen LogP contribution in [0, 0.1) is 0 Å². The van der Waals surface area contributed by atoms with Gasteiger partial charge in [-0.1, -0.05) is 0 Å². The van der Waals surface area contributed by atoms with Crippen LogP contribution in [0.4, 0.5) is 5.69 Å². The van der Waals surface area contributed by atoms with Crippen LogP contribution in [-0.2, 0) is 0 Å². The minimum Gasteiger partial charge on any atom is -0.454 e. The lowest BCUT2D eigenvalue weighted by Gasteiger charge is -2.00. The van der Waals surface area contributed by atoms with Crippen LogP contribution in [-0.4, -0.2) is 27.9 Å². The highest BCUT2D eigenvalue weighted by Gasteiger charge is 2.17. The summed E-state index contributed by atoms with van der Waals surface area (Å²) < 4.78 is 10.6. The molecular weight excluding hydrogens is 304 g/mol. The third kappa shape index (κ3) is 2.29. The van der Waals surface area contributed by atoms with Gasteiger partial charge in [-0.3, -0.25) is 9.89 Å². The van der Waals surface area contributed by atoms with Crippen molar-refractivity contribution in [3.05, 3.63) is 41.7 Å². The number of fused-ring (bicyclic) bond motifs is 1. The maximum atomic E-state index is 12.1. The number of anilines is 1. The van der Waals surface area contributed by atoms with Gasteiger partial charge in [0.15, 0.2) is 11.5 Å². The van der Waals surface area contributed by atoms with E-state index in [0.29, 0.717) is 17.1 Å². The summed E-state index contributed by atoms with van der Waals surface area (Å²) in [4.78, 5) is 16.5.